The Hall–Kier alpha value is -2.46. The molecule has 1 aromatic carbocycles. The summed E-state index contributed by atoms with van der Waals surface area (Å²) in [7, 11) is -1.81. The van der Waals surface area contributed by atoms with E-state index in [0.717, 1.165) is 24.8 Å². The Morgan fingerprint density at radius 2 is 1.82 bits per heavy atom. The van der Waals surface area contributed by atoms with Crippen molar-refractivity contribution in [3.8, 4) is 0 Å². The molecule has 1 aliphatic rings. The Labute approximate surface area is 164 Å². The first-order valence-electron chi connectivity index (χ1n) is 9.37. The molecule has 3 rings (SSSR count). The van der Waals surface area contributed by atoms with Gasteiger partial charge in [0.05, 0.1) is 9.82 Å². The van der Waals surface area contributed by atoms with Crippen LogP contribution in [0, 0.1) is 10.1 Å². The van der Waals surface area contributed by atoms with E-state index in [1.54, 1.807) is 31.3 Å². The van der Waals surface area contributed by atoms with Crippen LogP contribution in [0.25, 0.3) is 0 Å². The molecule has 0 radical (unpaired) electrons. The van der Waals surface area contributed by atoms with E-state index in [1.807, 2.05) is 6.92 Å². The second kappa shape index (κ2) is 8.27. The fraction of sp³-hybridized carbons (Fsp3) is 0.500. The minimum Gasteiger partial charge on any atom is -0.360 e. The highest BCUT2D eigenvalue weighted by Gasteiger charge is 2.27. The van der Waals surface area contributed by atoms with Crippen LogP contribution in [0.15, 0.2) is 29.2 Å². The van der Waals surface area contributed by atoms with Crippen LogP contribution in [0.3, 0.4) is 0 Å². The van der Waals surface area contributed by atoms with Crippen molar-refractivity contribution in [1.82, 2.24) is 14.1 Å². The first-order valence-corrected chi connectivity index (χ1v) is 10.8. The largest absolute Gasteiger partial charge is 0.360 e. The molecule has 2 aromatic rings. The molecule has 0 atom stereocenters. The lowest BCUT2D eigenvalue weighted by Gasteiger charge is -2.25. The summed E-state index contributed by atoms with van der Waals surface area (Å²) in [6.45, 7) is 3.28. The maximum Gasteiger partial charge on any atom is 0.333 e. The van der Waals surface area contributed by atoms with E-state index >= 15 is 0 Å². The van der Waals surface area contributed by atoms with Crippen LogP contribution in [0.5, 0.6) is 0 Å². The minimum atomic E-state index is -3.46. The van der Waals surface area contributed by atoms with E-state index in [2.05, 4.69) is 10.4 Å². The lowest BCUT2D eigenvalue weighted by molar-refractivity contribution is -0.384. The number of hydrogen-bond donors (Lipinski definition) is 1. The van der Waals surface area contributed by atoms with Gasteiger partial charge in [0.1, 0.15) is 5.69 Å². The van der Waals surface area contributed by atoms with E-state index < -0.39 is 14.9 Å². The summed E-state index contributed by atoms with van der Waals surface area (Å²) < 4.78 is 28.4. The Morgan fingerprint density at radius 1 is 1.18 bits per heavy atom. The van der Waals surface area contributed by atoms with Gasteiger partial charge in [-0.2, -0.15) is 9.40 Å². The van der Waals surface area contributed by atoms with E-state index in [1.165, 1.54) is 8.99 Å². The Balaban J connectivity index is 1.74. The SMILES string of the molecule is CCc1nn(C)c(NCc2ccc(S(=O)(=O)N3CCCCC3)cc2)c1[N+](=O)[O-]. The molecule has 1 N–H and O–H groups in total. The number of rotatable bonds is 7. The van der Waals surface area contributed by atoms with Crippen molar-refractivity contribution in [3.05, 3.63) is 45.6 Å². The summed E-state index contributed by atoms with van der Waals surface area (Å²) in [6.07, 6.45) is 3.32. The lowest BCUT2D eigenvalue weighted by atomic mass is 10.2. The van der Waals surface area contributed by atoms with Crippen molar-refractivity contribution in [3.63, 3.8) is 0 Å². The molecule has 28 heavy (non-hydrogen) atoms. The predicted molar refractivity (Wildman–Crippen MR) is 106 cm³/mol. The van der Waals surface area contributed by atoms with Gasteiger partial charge in [-0.3, -0.25) is 10.1 Å². The standard InChI is InChI=1S/C18H25N5O4S/c1-3-16-17(23(24)25)18(21(2)20-16)19-13-14-7-9-15(10-8-14)28(26,27)22-11-5-4-6-12-22/h7-10,19H,3-6,11-13H2,1-2H3. The molecule has 0 amide bonds. The van der Waals surface area contributed by atoms with Crippen molar-refractivity contribution in [2.24, 2.45) is 7.05 Å². The number of piperidine rings is 1. The molecule has 152 valence electrons. The van der Waals surface area contributed by atoms with Crippen LogP contribution in [0.2, 0.25) is 0 Å². The zero-order valence-electron chi connectivity index (χ0n) is 16.1. The van der Waals surface area contributed by atoms with Crippen LogP contribution in [0.1, 0.15) is 37.4 Å². The second-order valence-corrected chi connectivity index (χ2v) is 8.78. The highest BCUT2D eigenvalue weighted by Crippen LogP contribution is 2.29. The van der Waals surface area contributed by atoms with Gasteiger partial charge in [-0.1, -0.05) is 25.5 Å². The molecule has 0 aliphatic carbocycles. The summed E-state index contributed by atoms with van der Waals surface area (Å²) in [5, 5.41) is 18.6. The van der Waals surface area contributed by atoms with E-state index in [4.69, 9.17) is 0 Å². The van der Waals surface area contributed by atoms with Crippen molar-refractivity contribution in [1.29, 1.82) is 0 Å². The van der Waals surface area contributed by atoms with Gasteiger partial charge in [-0.25, -0.2) is 13.1 Å². The van der Waals surface area contributed by atoms with Crippen molar-refractivity contribution >= 4 is 21.5 Å². The first-order chi connectivity index (χ1) is 13.3. The Morgan fingerprint density at radius 3 is 2.39 bits per heavy atom. The molecular weight excluding hydrogens is 382 g/mol. The summed E-state index contributed by atoms with van der Waals surface area (Å²) in [4.78, 5) is 11.2. The number of hydrogen-bond acceptors (Lipinski definition) is 6. The molecule has 0 bridgehead atoms. The summed E-state index contributed by atoms with van der Waals surface area (Å²) in [5.74, 6) is 0.340. The van der Waals surface area contributed by atoms with Crippen molar-refractivity contribution < 1.29 is 13.3 Å². The van der Waals surface area contributed by atoms with E-state index in [9.17, 15) is 18.5 Å². The number of nitrogens with one attached hydrogen (secondary N) is 1. The fourth-order valence-electron chi connectivity index (χ4n) is 3.42. The number of nitrogens with zero attached hydrogens (tertiary/aromatic N) is 4. The van der Waals surface area contributed by atoms with Crippen LogP contribution in [-0.4, -0.2) is 40.5 Å². The quantitative estimate of drug-likeness (QED) is 0.558. The van der Waals surface area contributed by atoms with Crippen molar-refractivity contribution in [2.45, 2.75) is 44.0 Å². The van der Waals surface area contributed by atoms with Gasteiger partial charge in [-0.15, -0.1) is 0 Å². The zero-order valence-corrected chi connectivity index (χ0v) is 16.9. The first kappa shape index (κ1) is 20.3. The van der Waals surface area contributed by atoms with Crippen LogP contribution in [0.4, 0.5) is 11.5 Å². The Bertz CT molecular complexity index is 947. The van der Waals surface area contributed by atoms with Gasteiger partial charge in [-0.05, 0) is 37.0 Å². The lowest BCUT2D eigenvalue weighted by Crippen LogP contribution is -2.35. The molecule has 1 fully saturated rings. The van der Waals surface area contributed by atoms with E-state index in [0.29, 0.717) is 37.6 Å². The molecule has 0 unspecified atom stereocenters. The maximum atomic E-state index is 12.7. The average molecular weight is 407 g/mol. The number of sulfonamides is 1. The number of aryl methyl sites for hydroxylation is 2. The summed E-state index contributed by atoms with van der Waals surface area (Å²) >= 11 is 0. The Kier molecular flexibility index (Phi) is 5.99. The van der Waals surface area contributed by atoms with Gasteiger partial charge < -0.3 is 5.32 Å². The molecule has 10 heteroatoms. The summed E-state index contributed by atoms with van der Waals surface area (Å²) in [6, 6.07) is 6.64. The molecule has 0 saturated carbocycles. The predicted octanol–water partition coefficient (Wildman–Crippen LogP) is 2.68. The topological polar surface area (TPSA) is 110 Å². The van der Waals surface area contributed by atoms with Gasteiger partial charge in [0.25, 0.3) is 0 Å². The fourth-order valence-corrected chi connectivity index (χ4v) is 4.93. The molecule has 9 nitrogen and oxygen atoms in total. The van der Waals surface area contributed by atoms with Crippen LogP contribution < -0.4 is 5.32 Å². The molecule has 1 aliphatic heterocycles. The third-order valence-electron chi connectivity index (χ3n) is 4.95. The number of benzene rings is 1. The molecular formula is C18H25N5O4S. The van der Waals surface area contributed by atoms with Gasteiger partial charge in [0.2, 0.25) is 15.8 Å². The van der Waals surface area contributed by atoms with Crippen LogP contribution in [-0.2, 0) is 30.0 Å². The number of aromatic nitrogens is 2. The smallest absolute Gasteiger partial charge is 0.333 e. The normalized spacial score (nSPS) is 15.5. The highest BCUT2D eigenvalue weighted by atomic mass is 32.2. The third-order valence-corrected chi connectivity index (χ3v) is 6.86. The molecule has 1 saturated heterocycles. The van der Waals surface area contributed by atoms with Gasteiger partial charge in [0.15, 0.2) is 0 Å². The monoisotopic (exact) mass is 407 g/mol. The van der Waals surface area contributed by atoms with Gasteiger partial charge in [0, 0.05) is 26.7 Å². The average Bonchev–Trinajstić information content (AvgIpc) is 3.03. The van der Waals surface area contributed by atoms with Crippen LogP contribution >= 0.6 is 0 Å². The van der Waals surface area contributed by atoms with Crippen molar-refractivity contribution in [2.75, 3.05) is 18.4 Å². The third kappa shape index (κ3) is 4.02. The number of anilines is 1. The molecule has 0 spiro atoms. The highest BCUT2D eigenvalue weighted by molar-refractivity contribution is 7.89. The molecule has 1 aromatic heterocycles. The molecule has 2 heterocycles. The number of nitro groups is 1. The zero-order chi connectivity index (χ0) is 20.3. The van der Waals surface area contributed by atoms with Gasteiger partial charge >= 0.3 is 5.69 Å². The van der Waals surface area contributed by atoms with E-state index in [-0.39, 0.29) is 10.6 Å². The summed E-state index contributed by atoms with van der Waals surface area (Å²) in [5.41, 5.74) is 1.23. The maximum absolute atomic E-state index is 12.7. The second-order valence-electron chi connectivity index (χ2n) is 6.84. The minimum absolute atomic E-state index is 0.0192.